The van der Waals surface area contributed by atoms with Crippen LogP contribution >= 0.6 is 0 Å². The standard InChI is InChI=1S/C27H32N6O6S/c1-15-12-33(13-15)14-16-7-23(37-3)26(24(8-16)38-4)40(34,35)32-27-18-9-22(36-2)20(10-21(18)39-31-27)28-25-11-19(29-30-25)17-5-6-17/h7-11,15,17H,5-6,12-14H2,1-4H3,(H,31,32)(H2,28,29,30). The molecule has 0 unspecified atom stereocenters. The van der Waals surface area contributed by atoms with Gasteiger partial charge in [0.05, 0.1) is 32.4 Å². The third kappa shape index (κ3) is 5.02. The van der Waals surface area contributed by atoms with Crippen molar-refractivity contribution < 1.29 is 27.2 Å². The van der Waals surface area contributed by atoms with Gasteiger partial charge in [-0.25, -0.2) is 8.42 Å². The van der Waals surface area contributed by atoms with Crippen LogP contribution in [0, 0.1) is 5.92 Å². The summed E-state index contributed by atoms with van der Waals surface area (Å²) in [7, 11) is 0.203. The van der Waals surface area contributed by atoms with Crippen LogP contribution in [0.5, 0.6) is 17.2 Å². The van der Waals surface area contributed by atoms with Crippen LogP contribution in [0.1, 0.15) is 36.9 Å². The molecule has 0 bridgehead atoms. The van der Waals surface area contributed by atoms with Crippen molar-refractivity contribution in [2.24, 2.45) is 5.92 Å². The van der Waals surface area contributed by atoms with Gasteiger partial charge in [-0.05, 0) is 42.5 Å². The quantitative estimate of drug-likeness (QED) is 0.237. The van der Waals surface area contributed by atoms with E-state index < -0.39 is 10.0 Å². The lowest BCUT2D eigenvalue weighted by molar-refractivity contribution is 0.105. The Balaban J connectivity index is 1.29. The van der Waals surface area contributed by atoms with Crippen LogP contribution in [0.4, 0.5) is 17.3 Å². The average Bonchev–Trinajstić information content (AvgIpc) is 3.56. The summed E-state index contributed by atoms with van der Waals surface area (Å²) in [6.45, 7) is 4.86. The number of aromatic nitrogens is 3. The normalized spacial score (nSPS) is 16.1. The Kier molecular flexibility index (Phi) is 6.70. The summed E-state index contributed by atoms with van der Waals surface area (Å²) in [4.78, 5) is 2.16. The molecule has 1 saturated heterocycles. The maximum Gasteiger partial charge on any atom is 0.270 e. The molecule has 0 amide bonds. The third-order valence-corrected chi connectivity index (χ3v) is 8.64. The first-order chi connectivity index (χ1) is 19.3. The Morgan fingerprint density at radius 3 is 2.35 bits per heavy atom. The van der Waals surface area contributed by atoms with Crippen molar-refractivity contribution in [3.63, 3.8) is 0 Å². The lowest BCUT2D eigenvalue weighted by Gasteiger charge is -2.37. The summed E-state index contributed by atoms with van der Waals surface area (Å²) < 4.78 is 51.9. The zero-order valence-corrected chi connectivity index (χ0v) is 23.6. The van der Waals surface area contributed by atoms with Crippen LogP contribution in [-0.2, 0) is 16.6 Å². The number of nitrogens with zero attached hydrogens (tertiary/aromatic N) is 3. The molecular weight excluding hydrogens is 536 g/mol. The SMILES string of the molecule is COc1cc2c(NS(=O)(=O)c3c(OC)cc(CN4CC(C)C4)cc3OC)noc2cc1Nc1cc(C2CC2)[nH]n1. The largest absolute Gasteiger partial charge is 0.495 e. The first-order valence-corrected chi connectivity index (χ1v) is 14.6. The van der Waals surface area contributed by atoms with Crippen LogP contribution in [0.3, 0.4) is 0 Å². The zero-order chi connectivity index (χ0) is 28.0. The molecule has 212 valence electrons. The molecule has 1 aliphatic carbocycles. The van der Waals surface area contributed by atoms with Gasteiger partial charge in [-0.2, -0.15) is 5.10 Å². The van der Waals surface area contributed by atoms with E-state index in [-0.39, 0.29) is 22.2 Å². The fourth-order valence-electron chi connectivity index (χ4n) is 5.13. The summed E-state index contributed by atoms with van der Waals surface area (Å²) in [6, 6.07) is 8.78. The minimum absolute atomic E-state index is 0.0124. The Hall–Kier alpha value is -3.97. The van der Waals surface area contributed by atoms with Gasteiger partial charge < -0.3 is 24.1 Å². The number of likely N-dealkylation sites (tertiary alicyclic amines) is 1. The molecule has 12 nitrogen and oxygen atoms in total. The number of H-pyrrole nitrogens is 1. The van der Waals surface area contributed by atoms with Gasteiger partial charge in [-0.15, -0.1) is 0 Å². The van der Waals surface area contributed by atoms with Crippen molar-refractivity contribution in [3.05, 3.63) is 41.6 Å². The third-order valence-electron chi connectivity index (χ3n) is 7.24. The van der Waals surface area contributed by atoms with E-state index >= 15 is 0 Å². The number of ether oxygens (including phenoxy) is 3. The Labute approximate surface area is 232 Å². The van der Waals surface area contributed by atoms with E-state index in [0.717, 1.165) is 37.2 Å². The number of anilines is 3. The summed E-state index contributed by atoms with van der Waals surface area (Å²) in [5.41, 5.74) is 2.95. The van der Waals surface area contributed by atoms with Crippen LogP contribution in [0.15, 0.2) is 39.8 Å². The summed E-state index contributed by atoms with van der Waals surface area (Å²) in [5, 5.41) is 15.0. The lowest BCUT2D eigenvalue weighted by atomic mass is 10.0. The first-order valence-electron chi connectivity index (χ1n) is 13.1. The van der Waals surface area contributed by atoms with Gasteiger partial charge in [0.1, 0.15) is 17.2 Å². The minimum Gasteiger partial charge on any atom is -0.495 e. The predicted octanol–water partition coefficient (Wildman–Crippen LogP) is 4.45. The number of rotatable bonds is 11. The summed E-state index contributed by atoms with van der Waals surface area (Å²) in [5.74, 6) is 2.67. The molecule has 0 spiro atoms. The summed E-state index contributed by atoms with van der Waals surface area (Å²) >= 11 is 0. The molecule has 40 heavy (non-hydrogen) atoms. The van der Waals surface area contributed by atoms with Gasteiger partial charge in [0.2, 0.25) is 0 Å². The molecule has 2 aromatic carbocycles. The van der Waals surface area contributed by atoms with Crippen LogP contribution in [0.2, 0.25) is 0 Å². The molecular formula is C27H32N6O6S. The zero-order valence-electron chi connectivity index (χ0n) is 22.8. The topological polar surface area (TPSA) is 144 Å². The number of nitrogens with one attached hydrogen (secondary N) is 3. The van der Waals surface area contributed by atoms with Gasteiger partial charge in [0.25, 0.3) is 10.0 Å². The van der Waals surface area contributed by atoms with E-state index in [4.69, 9.17) is 18.7 Å². The van der Waals surface area contributed by atoms with Crippen molar-refractivity contribution in [2.75, 3.05) is 44.5 Å². The van der Waals surface area contributed by atoms with Gasteiger partial charge in [0.15, 0.2) is 22.1 Å². The van der Waals surface area contributed by atoms with E-state index in [0.29, 0.717) is 46.6 Å². The van der Waals surface area contributed by atoms with E-state index in [9.17, 15) is 8.42 Å². The second kappa shape index (κ2) is 10.2. The van der Waals surface area contributed by atoms with Crippen molar-refractivity contribution in [3.8, 4) is 17.2 Å². The molecule has 6 rings (SSSR count). The number of aromatic amines is 1. The van der Waals surface area contributed by atoms with E-state index in [1.807, 2.05) is 6.07 Å². The molecule has 2 aliphatic rings. The molecule has 4 aromatic rings. The summed E-state index contributed by atoms with van der Waals surface area (Å²) in [6.07, 6.45) is 2.32. The first kappa shape index (κ1) is 26.3. The molecule has 2 fully saturated rings. The van der Waals surface area contributed by atoms with Crippen molar-refractivity contribution in [2.45, 2.75) is 37.1 Å². The van der Waals surface area contributed by atoms with E-state index in [1.54, 1.807) is 24.3 Å². The maximum atomic E-state index is 13.7. The number of fused-ring (bicyclic) bond motifs is 1. The number of benzene rings is 2. The highest BCUT2D eigenvalue weighted by molar-refractivity contribution is 7.93. The van der Waals surface area contributed by atoms with Crippen LogP contribution < -0.4 is 24.2 Å². The maximum absolute atomic E-state index is 13.7. The molecule has 3 heterocycles. The molecule has 3 N–H and O–H groups in total. The lowest BCUT2D eigenvalue weighted by Crippen LogP contribution is -2.44. The minimum atomic E-state index is -4.19. The number of methoxy groups -OCH3 is 3. The van der Waals surface area contributed by atoms with Gasteiger partial charge >= 0.3 is 0 Å². The predicted molar refractivity (Wildman–Crippen MR) is 149 cm³/mol. The molecule has 0 radical (unpaired) electrons. The Bertz CT molecular complexity index is 1630. The van der Waals surface area contributed by atoms with Gasteiger partial charge in [0, 0.05) is 43.4 Å². The Morgan fingerprint density at radius 2 is 1.73 bits per heavy atom. The molecule has 13 heteroatoms. The smallest absolute Gasteiger partial charge is 0.270 e. The number of hydrogen-bond donors (Lipinski definition) is 3. The second-order valence-electron chi connectivity index (χ2n) is 10.4. The average molecular weight is 569 g/mol. The highest BCUT2D eigenvalue weighted by Crippen LogP contribution is 2.41. The van der Waals surface area contributed by atoms with E-state index in [1.165, 1.54) is 21.3 Å². The second-order valence-corrected chi connectivity index (χ2v) is 12.0. The molecule has 1 saturated carbocycles. The van der Waals surface area contributed by atoms with Crippen molar-refractivity contribution in [1.29, 1.82) is 0 Å². The van der Waals surface area contributed by atoms with Crippen LogP contribution in [0.25, 0.3) is 11.0 Å². The number of hydrogen-bond acceptors (Lipinski definition) is 10. The molecule has 1 aliphatic heterocycles. The van der Waals surface area contributed by atoms with Crippen molar-refractivity contribution >= 4 is 38.3 Å². The molecule has 0 atom stereocenters. The van der Waals surface area contributed by atoms with Crippen LogP contribution in [-0.4, -0.2) is 63.1 Å². The van der Waals surface area contributed by atoms with Gasteiger partial charge in [-0.3, -0.25) is 14.7 Å². The van der Waals surface area contributed by atoms with Crippen molar-refractivity contribution in [1.82, 2.24) is 20.3 Å². The fraction of sp³-hybridized carbons (Fsp3) is 0.407. The Morgan fingerprint density at radius 1 is 1.02 bits per heavy atom. The van der Waals surface area contributed by atoms with E-state index in [2.05, 4.69) is 37.2 Å². The highest BCUT2D eigenvalue weighted by Gasteiger charge is 2.30. The van der Waals surface area contributed by atoms with Gasteiger partial charge in [-0.1, -0.05) is 12.1 Å². The monoisotopic (exact) mass is 568 g/mol. The molecule has 2 aromatic heterocycles. The highest BCUT2D eigenvalue weighted by atomic mass is 32.2. The fourth-order valence-corrected chi connectivity index (χ4v) is 6.45. The number of sulfonamides is 1.